The van der Waals surface area contributed by atoms with Crippen molar-refractivity contribution in [3.63, 3.8) is 0 Å². The molecule has 0 fully saturated rings. The van der Waals surface area contributed by atoms with Gasteiger partial charge in [0.25, 0.3) is 5.91 Å². The Balaban J connectivity index is 1.47. The van der Waals surface area contributed by atoms with Gasteiger partial charge in [0.15, 0.2) is 4.96 Å². The van der Waals surface area contributed by atoms with Gasteiger partial charge in [0.1, 0.15) is 10.5 Å². The summed E-state index contributed by atoms with van der Waals surface area (Å²) in [6, 6.07) is 11.9. The maximum atomic E-state index is 12.5. The van der Waals surface area contributed by atoms with Crippen LogP contribution in [0.2, 0.25) is 0 Å². The molecule has 0 aliphatic rings. The molecule has 0 saturated heterocycles. The molecule has 0 unspecified atom stereocenters. The maximum absolute atomic E-state index is 12.5. The van der Waals surface area contributed by atoms with E-state index in [-0.39, 0.29) is 5.91 Å². The molecule has 1 aromatic carbocycles. The highest BCUT2D eigenvalue weighted by Crippen LogP contribution is 2.28. The second-order valence-corrected chi connectivity index (χ2v) is 8.39. The molecular weight excluding hydrogens is 408 g/mol. The van der Waals surface area contributed by atoms with E-state index in [4.69, 9.17) is 10.7 Å². The fourth-order valence-corrected chi connectivity index (χ4v) is 4.58. The average molecular weight is 437 g/mol. The van der Waals surface area contributed by atoms with Crippen LogP contribution in [-0.4, -0.2) is 51.4 Å². The molecule has 0 bridgehead atoms. The Morgan fingerprint density at radius 2 is 1.90 bits per heavy atom. The number of nitrogens with zero attached hydrogens (tertiary/aromatic N) is 4. The quantitative estimate of drug-likeness (QED) is 0.392. The third-order valence-electron chi connectivity index (χ3n) is 5.51. The highest BCUT2D eigenvalue weighted by Gasteiger charge is 2.14. The van der Waals surface area contributed by atoms with Gasteiger partial charge in [-0.05, 0) is 43.8 Å². The smallest absolute Gasteiger partial charge is 0.269 e. The van der Waals surface area contributed by atoms with Crippen molar-refractivity contribution in [1.29, 1.82) is 0 Å². The van der Waals surface area contributed by atoms with E-state index in [9.17, 15) is 4.79 Å². The largest absolute Gasteiger partial charge is 0.351 e. The zero-order chi connectivity index (χ0) is 21.8. The molecule has 4 rings (SSSR count). The lowest BCUT2D eigenvalue weighted by Gasteiger charge is -2.17. The fourth-order valence-electron chi connectivity index (χ4n) is 3.60. The van der Waals surface area contributed by atoms with Gasteiger partial charge >= 0.3 is 0 Å². The van der Waals surface area contributed by atoms with E-state index in [0.29, 0.717) is 18.8 Å². The van der Waals surface area contributed by atoms with Crippen LogP contribution < -0.4 is 11.1 Å². The molecule has 162 valence electrons. The molecule has 0 atom stereocenters. The summed E-state index contributed by atoms with van der Waals surface area (Å²) in [6.45, 7) is 8.53. The first-order valence-electron chi connectivity index (χ1n) is 10.7. The minimum absolute atomic E-state index is 0.131. The summed E-state index contributed by atoms with van der Waals surface area (Å²) in [6.07, 6.45) is 2.94. The molecule has 8 heteroatoms. The van der Waals surface area contributed by atoms with Crippen molar-refractivity contribution >= 4 is 32.6 Å². The maximum Gasteiger partial charge on any atom is 0.269 e. The Morgan fingerprint density at radius 3 is 2.61 bits per heavy atom. The molecule has 0 saturated carbocycles. The van der Waals surface area contributed by atoms with Crippen molar-refractivity contribution in [2.24, 2.45) is 5.73 Å². The number of nitrogens with two attached hydrogens (primary N) is 1. The second-order valence-electron chi connectivity index (χ2n) is 7.44. The van der Waals surface area contributed by atoms with Gasteiger partial charge in [-0.2, -0.15) is 0 Å². The van der Waals surface area contributed by atoms with Crippen LogP contribution in [0.5, 0.6) is 0 Å². The van der Waals surface area contributed by atoms with Crippen LogP contribution in [0.1, 0.15) is 36.3 Å². The van der Waals surface area contributed by atoms with Crippen LogP contribution in [0.25, 0.3) is 26.6 Å². The van der Waals surface area contributed by atoms with Crippen LogP contribution in [-0.2, 0) is 6.54 Å². The number of pyridine rings is 1. The zero-order valence-corrected chi connectivity index (χ0v) is 18.8. The second kappa shape index (κ2) is 9.55. The van der Waals surface area contributed by atoms with E-state index in [0.717, 1.165) is 58.2 Å². The number of hydrogen-bond acceptors (Lipinski definition) is 6. The van der Waals surface area contributed by atoms with Gasteiger partial charge in [-0.15, -0.1) is 0 Å². The van der Waals surface area contributed by atoms with Crippen molar-refractivity contribution in [3.05, 3.63) is 53.9 Å². The summed E-state index contributed by atoms with van der Waals surface area (Å²) < 4.78 is 2.03. The van der Waals surface area contributed by atoms with Crippen molar-refractivity contribution in [1.82, 2.24) is 24.6 Å². The molecule has 0 aliphatic carbocycles. The predicted molar refractivity (Wildman–Crippen MR) is 126 cm³/mol. The average Bonchev–Trinajstić information content (AvgIpc) is 3.36. The molecule has 4 aromatic rings. The van der Waals surface area contributed by atoms with E-state index in [1.54, 1.807) is 6.07 Å². The fraction of sp³-hybridized carbons (Fsp3) is 0.348. The predicted octanol–water partition coefficient (Wildman–Crippen LogP) is 3.53. The number of hydrogen-bond donors (Lipinski definition) is 2. The number of aromatic nitrogens is 3. The Labute approximate surface area is 185 Å². The van der Waals surface area contributed by atoms with Crippen LogP contribution >= 0.6 is 11.3 Å². The van der Waals surface area contributed by atoms with Gasteiger partial charge in [-0.1, -0.05) is 49.4 Å². The molecule has 3 aromatic heterocycles. The molecule has 3 heterocycles. The number of thiazole rings is 1. The van der Waals surface area contributed by atoms with E-state index in [1.165, 1.54) is 11.3 Å². The Hall–Kier alpha value is -2.81. The molecule has 3 N–H and O–H groups in total. The van der Waals surface area contributed by atoms with Gasteiger partial charge in [-0.3, -0.25) is 9.20 Å². The molecule has 0 spiro atoms. The number of carbonyl (C=O) groups excluding carboxylic acids is 1. The van der Waals surface area contributed by atoms with Crippen molar-refractivity contribution in [2.45, 2.75) is 26.8 Å². The summed E-state index contributed by atoms with van der Waals surface area (Å²) in [5, 5.41) is 2.98. The first kappa shape index (κ1) is 21.4. The minimum atomic E-state index is -0.131. The van der Waals surface area contributed by atoms with Crippen LogP contribution in [0.3, 0.4) is 0 Å². The Morgan fingerprint density at radius 1 is 1.13 bits per heavy atom. The highest BCUT2D eigenvalue weighted by molar-refractivity contribution is 7.23. The molecule has 0 radical (unpaired) electrons. The number of fused-ring (bicyclic) bond motifs is 3. The van der Waals surface area contributed by atoms with E-state index in [2.05, 4.69) is 29.0 Å². The summed E-state index contributed by atoms with van der Waals surface area (Å²) >= 11 is 1.49. The third-order valence-corrected chi connectivity index (χ3v) is 6.47. The van der Waals surface area contributed by atoms with Gasteiger partial charge < -0.3 is 16.0 Å². The number of amides is 1. The summed E-state index contributed by atoms with van der Waals surface area (Å²) in [5.74, 6) is -0.131. The summed E-state index contributed by atoms with van der Waals surface area (Å²) in [4.78, 5) is 25.8. The summed E-state index contributed by atoms with van der Waals surface area (Å²) in [5.41, 5.74) is 10.1. The molecule has 0 aliphatic heterocycles. The first-order valence-corrected chi connectivity index (χ1v) is 11.5. The lowest BCUT2D eigenvalue weighted by molar-refractivity contribution is 0.0947. The minimum Gasteiger partial charge on any atom is -0.351 e. The lowest BCUT2D eigenvalue weighted by Crippen LogP contribution is -2.30. The van der Waals surface area contributed by atoms with E-state index in [1.807, 2.05) is 40.9 Å². The zero-order valence-electron chi connectivity index (χ0n) is 18.0. The monoisotopic (exact) mass is 436 g/mol. The molecule has 31 heavy (non-hydrogen) atoms. The SMILES string of the molecule is CCN(CC)CCCNC(=O)c1ccc2c(n1)sc1nc(-c3ccc(CN)cc3)cn12. The van der Waals surface area contributed by atoms with Crippen LogP contribution in [0, 0.1) is 0 Å². The van der Waals surface area contributed by atoms with E-state index >= 15 is 0 Å². The normalized spacial score (nSPS) is 11.6. The first-order chi connectivity index (χ1) is 15.1. The number of imidazole rings is 1. The van der Waals surface area contributed by atoms with E-state index < -0.39 is 0 Å². The number of rotatable bonds is 9. The lowest BCUT2D eigenvalue weighted by atomic mass is 10.1. The van der Waals surface area contributed by atoms with Crippen molar-refractivity contribution < 1.29 is 4.79 Å². The topological polar surface area (TPSA) is 88.5 Å². The van der Waals surface area contributed by atoms with Crippen molar-refractivity contribution in [2.75, 3.05) is 26.2 Å². The van der Waals surface area contributed by atoms with Gasteiger partial charge in [-0.25, -0.2) is 9.97 Å². The van der Waals surface area contributed by atoms with Gasteiger partial charge in [0, 0.05) is 24.8 Å². The van der Waals surface area contributed by atoms with Gasteiger partial charge in [0.2, 0.25) is 0 Å². The third kappa shape index (κ3) is 4.61. The molecule has 7 nitrogen and oxygen atoms in total. The number of nitrogens with one attached hydrogen (secondary N) is 1. The Bertz CT molecular complexity index is 1180. The van der Waals surface area contributed by atoms with Crippen LogP contribution in [0.15, 0.2) is 42.6 Å². The van der Waals surface area contributed by atoms with Gasteiger partial charge in [0.05, 0.1) is 11.2 Å². The number of benzene rings is 1. The number of carbonyl (C=O) groups is 1. The standard InChI is InChI=1S/C23H28N6OS/c1-3-28(4-2)13-5-12-25-21(30)18-10-11-20-22(26-18)31-23-27-19(15-29(20)23)17-8-6-16(14-24)7-9-17/h6-11,15H,3-5,12-14,24H2,1-2H3,(H,25,30). The molecular formula is C23H28N6OS. The van der Waals surface area contributed by atoms with Crippen molar-refractivity contribution in [3.8, 4) is 11.3 Å². The highest BCUT2D eigenvalue weighted by atomic mass is 32.1. The summed E-state index contributed by atoms with van der Waals surface area (Å²) in [7, 11) is 0. The molecule has 1 amide bonds. The van der Waals surface area contributed by atoms with Crippen LogP contribution in [0.4, 0.5) is 0 Å². The Kier molecular flexibility index (Phi) is 6.60.